The quantitative estimate of drug-likeness (QED) is 0.407. The molecule has 0 unspecified atom stereocenters. The van der Waals surface area contributed by atoms with Crippen LogP contribution in [-0.2, 0) is 19.2 Å². The summed E-state index contributed by atoms with van der Waals surface area (Å²) >= 11 is 0. The van der Waals surface area contributed by atoms with Crippen LogP contribution in [0.25, 0.3) is 0 Å². The Morgan fingerprint density at radius 2 is 1.32 bits per heavy atom. The van der Waals surface area contributed by atoms with Gasteiger partial charge < -0.3 is 4.84 Å². The Hall–Kier alpha value is -1.65. The van der Waals surface area contributed by atoms with E-state index in [-0.39, 0.29) is 6.42 Å². The van der Waals surface area contributed by atoms with Crippen LogP contribution >= 0.6 is 0 Å². The molecule has 124 valence electrons. The molecule has 2 amide bonds. The van der Waals surface area contributed by atoms with Gasteiger partial charge in [-0.05, 0) is 6.42 Å². The summed E-state index contributed by atoms with van der Waals surface area (Å²) in [7, 11) is 0. The summed E-state index contributed by atoms with van der Waals surface area (Å²) in [6.45, 7) is 2.22. The largest absolute Gasteiger partial charge is 0.333 e. The van der Waals surface area contributed by atoms with Gasteiger partial charge in [0, 0.05) is 18.6 Å². The molecule has 1 heterocycles. The molecule has 0 aromatic heterocycles. The van der Waals surface area contributed by atoms with E-state index in [1.165, 1.54) is 44.9 Å². The minimum Gasteiger partial charge on any atom is -0.330 e. The average Bonchev–Trinajstić information content (AvgIpc) is 2.81. The van der Waals surface area contributed by atoms with Gasteiger partial charge in [-0.2, -0.15) is 0 Å². The summed E-state index contributed by atoms with van der Waals surface area (Å²) in [6, 6.07) is 0. The third kappa shape index (κ3) is 7.38. The van der Waals surface area contributed by atoms with Crippen LogP contribution in [0.15, 0.2) is 12.2 Å². The molecule has 1 aliphatic heterocycles. The molecule has 0 aromatic carbocycles. The van der Waals surface area contributed by atoms with Crippen molar-refractivity contribution in [3.05, 3.63) is 12.2 Å². The molecule has 0 spiro atoms. The molecule has 0 aromatic rings. The van der Waals surface area contributed by atoms with E-state index >= 15 is 0 Å². The number of hydroxylamine groups is 2. The first-order valence-corrected chi connectivity index (χ1v) is 8.42. The van der Waals surface area contributed by atoms with E-state index in [1.54, 1.807) is 0 Å². The molecule has 0 radical (unpaired) electrons. The zero-order valence-corrected chi connectivity index (χ0v) is 13.5. The smallest absolute Gasteiger partial charge is 0.330 e. The maximum absolute atomic E-state index is 11.5. The molecule has 1 rings (SSSR count). The van der Waals surface area contributed by atoms with Crippen LogP contribution in [-0.4, -0.2) is 22.8 Å². The maximum atomic E-state index is 11.5. The van der Waals surface area contributed by atoms with Gasteiger partial charge in [-0.25, -0.2) is 4.79 Å². The highest BCUT2D eigenvalue weighted by molar-refractivity contribution is 6.12. The first-order valence-electron chi connectivity index (χ1n) is 8.42. The van der Waals surface area contributed by atoms with E-state index in [1.807, 2.05) is 0 Å². The number of rotatable bonds is 12. The topological polar surface area (TPSA) is 63.7 Å². The molecule has 0 aliphatic carbocycles. The van der Waals surface area contributed by atoms with Crippen LogP contribution in [0.5, 0.6) is 0 Å². The summed E-state index contributed by atoms with van der Waals surface area (Å²) in [4.78, 5) is 38.7. The van der Waals surface area contributed by atoms with Gasteiger partial charge in [0.05, 0.1) is 0 Å². The van der Waals surface area contributed by atoms with Crippen molar-refractivity contribution >= 4 is 17.8 Å². The second kappa shape index (κ2) is 11.0. The van der Waals surface area contributed by atoms with Gasteiger partial charge >= 0.3 is 5.97 Å². The summed E-state index contributed by atoms with van der Waals surface area (Å²) < 4.78 is 0. The standard InChI is InChI=1S/C17H27NO4/c1-2-3-4-5-6-7-8-9-10-11-12-17(21)22-18-15(19)13-14-16(18)20/h13-14H,2-12H2,1H3. The van der Waals surface area contributed by atoms with Crippen molar-refractivity contribution in [2.75, 3.05) is 0 Å². The molecular weight excluding hydrogens is 282 g/mol. The van der Waals surface area contributed by atoms with E-state index in [2.05, 4.69) is 6.92 Å². The molecule has 5 nitrogen and oxygen atoms in total. The minimum atomic E-state index is -0.596. The van der Waals surface area contributed by atoms with Crippen LogP contribution in [0, 0.1) is 0 Å². The zero-order chi connectivity index (χ0) is 16.2. The van der Waals surface area contributed by atoms with Crippen LogP contribution in [0.2, 0.25) is 0 Å². The summed E-state index contributed by atoms with van der Waals surface area (Å²) in [5, 5.41) is 0.513. The molecule has 0 atom stereocenters. The van der Waals surface area contributed by atoms with E-state index in [0.29, 0.717) is 5.06 Å². The number of carbonyl (C=O) groups is 3. The number of unbranched alkanes of at least 4 members (excludes halogenated alkanes) is 9. The fourth-order valence-electron chi connectivity index (χ4n) is 2.38. The van der Waals surface area contributed by atoms with Crippen molar-refractivity contribution in [2.24, 2.45) is 0 Å². The average molecular weight is 309 g/mol. The summed E-state index contributed by atoms with van der Waals surface area (Å²) in [6.07, 6.45) is 14.3. The van der Waals surface area contributed by atoms with E-state index in [9.17, 15) is 14.4 Å². The second-order valence-electron chi connectivity index (χ2n) is 5.70. The molecule has 1 aliphatic rings. The number of carbonyl (C=O) groups excluding carboxylic acids is 3. The zero-order valence-electron chi connectivity index (χ0n) is 13.5. The summed E-state index contributed by atoms with van der Waals surface area (Å²) in [5.41, 5.74) is 0. The summed E-state index contributed by atoms with van der Waals surface area (Å²) in [5.74, 6) is -1.71. The Labute approximate surface area is 132 Å². The van der Waals surface area contributed by atoms with Crippen molar-refractivity contribution < 1.29 is 19.2 Å². The lowest BCUT2D eigenvalue weighted by Crippen LogP contribution is -2.32. The predicted molar refractivity (Wildman–Crippen MR) is 83.5 cm³/mol. The first kappa shape index (κ1) is 18.4. The lowest BCUT2D eigenvalue weighted by molar-refractivity contribution is -0.196. The predicted octanol–water partition coefficient (Wildman–Crippen LogP) is 3.68. The highest BCUT2D eigenvalue weighted by Crippen LogP contribution is 2.12. The molecule has 0 saturated carbocycles. The molecule has 0 fully saturated rings. The number of hydrogen-bond acceptors (Lipinski definition) is 4. The van der Waals surface area contributed by atoms with Gasteiger partial charge in [-0.3, -0.25) is 9.59 Å². The van der Waals surface area contributed by atoms with Gasteiger partial charge in [-0.15, -0.1) is 0 Å². The lowest BCUT2D eigenvalue weighted by atomic mass is 10.1. The fraction of sp³-hybridized carbons (Fsp3) is 0.706. The minimum absolute atomic E-state index is 0.244. The van der Waals surface area contributed by atoms with Crippen LogP contribution < -0.4 is 0 Å². The van der Waals surface area contributed by atoms with Crippen molar-refractivity contribution in [3.63, 3.8) is 0 Å². The molecule has 22 heavy (non-hydrogen) atoms. The normalized spacial score (nSPS) is 14.0. The monoisotopic (exact) mass is 309 g/mol. The van der Waals surface area contributed by atoms with Crippen molar-refractivity contribution in [3.8, 4) is 0 Å². The molecule has 0 N–H and O–H groups in total. The van der Waals surface area contributed by atoms with Crippen molar-refractivity contribution in [2.45, 2.75) is 77.6 Å². The molecular formula is C17H27NO4. The third-order valence-corrected chi connectivity index (χ3v) is 3.70. The number of hydrogen-bond donors (Lipinski definition) is 0. The number of nitrogens with zero attached hydrogens (tertiary/aromatic N) is 1. The fourth-order valence-corrected chi connectivity index (χ4v) is 2.38. The highest BCUT2D eigenvalue weighted by atomic mass is 16.7. The van der Waals surface area contributed by atoms with Gasteiger partial charge in [0.2, 0.25) is 0 Å². The molecule has 5 heteroatoms. The van der Waals surface area contributed by atoms with Crippen LogP contribution in [0.3, 0.4) is 0 Å². The second-order valence-corrected chi connectivity index (χ2v) is 5.70. The van der Waals surface area contributed by atoms with Gasteiger partial charge in [0.25, 0.3) is 11.8 Å². The van der Waals surface area contributed by atoms with Crippen LogP contribution in [0.1, 0.15) is 77.6 Å². The SMILES string of the molecule is CCCCCCCCCCCCC(=O)ON1C(=O)C=CC1=O. The van der Waals surface area contributed by atoms with E-state index in [0.717, 1.165) is 31.4 Å². The maximum Gasteiger partial charge on any atom is 0.333 e. The van der Waals surface area contributed by atoms with Gasteiger partial charge in [0.1, 0.15) is 0 Å². The van der Waals surface area contributed by atoms with Gasteiger partial charge in [0.15, 0.2) is 0 Å². The number of amides is 2. The Kier molecular flexibility index (Phi) is 9.19. The first-order chi connectivity index (χ1) is 10.6. The van der Waals surface area contributed by atoms with Crippen molar-refractivity contribution in [1.82, 2.24) is 5.06 Å². The molecule has 0 saturated heterocycles. The van der Waals surface area contributed by atoms with E-state index < -0.39 is 17.8 Å². The lowest BCUT2D eigenvalue weighted by Gasteiger charge is -2.12. The molecule has 0 bridgehead atoms. The Morgan fingerprint density at radius 3 is 1.82 bits per heavy atom. The van der Waals surface area contributed by atoms with Crippen molar-refractivity contribution in [1.29, 1.82) is 0 Å². The highest BCUT2D eigenvalue weighted by Gasteiger charge is 2.27. The Balaban J connectivity index is 1.93. The van der Waals surface area contributed by atoms with E-state index in [4.69, 9.17) is 4.84 Å². The van der Waals surface area contributed by atoms with Gasteiger partial charge in [-0.1, -0.05) is 69.8 Å². The van der Waals surface area contributed by atoms with Crippen LogP contribution in [0.4, 0.5) is 0 Å². The Morgan fingerprint density at radius 1 is 0.864 bits per heavy atom. The third-order valence-electron chi connectivity index (χ3n) is 3.70. The Bertz CT molecular complexity index is 385. The number of imide groups is 1.